The molecule has 0 amide bonds. The van der Waals surface area contributed by atoms with Gasteiger partial charge in [0, 0.05) is 0 Å². The number of hydrogen-bond donors (Lipinski definition) is 0. The smallest absolute Gasteiger partial charge is 0.239 e. The van der Waals surface area contributed by atoms with Crippen molar-refractivity contribution >= 4 is 28.4 Å². The van der Waals surface area contributed by atoms with Crippen molar-refractivity contribution in [3.63, 3.8) is 0 Å². The Balaban J connectivity index is 2.58. The first-order valence-corrected chi connectivity index (χ1v) is 4.39. The van der Waals surface area contributed by atoms with Gasteiger partial charge in [0.25, 0.3) is 0 Å². The molecular weight excluding hydrogens is 195 g/mol. The van der Waals surface area contributed by atoms with Crippen LogP contribution in [-0.4, -0.2) is 10.6 Å². The first kappa shape index (κ1) is 9.56. The molecule has 0 heterocycles. The first-order valence-electron chi connectivity index (χ1n) is 3.57. The molecule has 0 aliphatic carbocycles. The van der Waals surface area contributed by atoms with E-state index in [0.29, 0.717) is 6.42 Å². The number of carbonyl (C=O) groups excluding carboxylic acids is 1. The summed E-state index contributed by atoms with van der Waals surface area (Å²) in [4.78, 5) is 10.6. The molecule has 0 aliphatic rings. The molecule has 0 radical (unpaired) electrons. The summed E-state index contributed by atoms with van der Waals surface area (Å²) in [5.74, 6) is 0. The van der Waals surface area contributed by atoms with Gasteiger partial charge in [-0.3, -0.25) is 4.79 Å². The molecule has 0 fully saturated rings. The molecular formula is C9H8Cl2O. The standard InChI is InChI=1S/C9H8Cl2O/c10-8(9(11)12)6-7-4-2-1-3-5-7/h1-5,8H,6H2/t8-/m0/s1. The van der Waals surface area contributed by atoms with E-state index in [2.05, 4.69) is 0 Å². The minimum absolute atomic E-state index is 0.491. The maximum absolute atomic E-state index is 10.6. The molecule has 1 aromatic rings. The first-order chi connectivity index (χ1) is 5.70. The highest BCUT2D eigenvalue weighted by Crippen LogP contribution is 2.10. The third-order valence-corrected chi connectivity index (χ3v) is 2.23. The largest absolute Gasteiger partial charge is 0.280 e. The van der Waals surface area contributed by atoms with Crippen LogP contribution in [0.3, 0.4) is 0 Å². The summed E-state index contributed by atoms with van der Waals surface area (Å²) in [6, 6.07) is 9.54. The van der Waals surface area contributed by atoms with Crippen LogP contribution in [0.25, 0.3) is 0 Å². The predicted octanol–water partition coefficient (Wildman–Crippen LogP) is 2.60. The Kier molecular flexibility index (Phi) is 3.57. The highest BCUT2D eigenvalue weighted by molar-refractivity contribution is 6.69. The second-order valence-electron chi connectivity index (χ2n) is 2.46. The lowest BCUT2D eigenvalue weighted by atomic mass is 10.1. The zero-order chi connectivity index (χ0) is 8.97. The Morgan fingerprint density at radius 3 is 2.42 bits per heavy atom. The zero-order valence-electron chi connectivity index (χ0n) is 6.34. The fourth-order valence-electron chi connectivity index (χ4n) is 0.901. The highest BCUT2D eigenvalue weighted by Gasteiger charge is 2.12. The Morgan fingerprint density at radius 2 is 1.92 bits per heavy atom. The van der Waals surface area contributed by atoms with E-state index in [1.807, 2.05) is 30.3 Å². The molecule has 0 aromatic heterocycles. The average molecular weight is 203 g/mol. The summed E-state index contributed by atoms with van der Waals surface area (Å²) in [7, 11) is 0. The second kappa shape index (κ2) is 4.48. The molecule has 1 nitrogen and oxygen atoms in total. The van der Waals surface area contributed by atoms with E-state index in [1.54, 1.807) is 0 Å². The molecule has 0 saturated heterocycles. The Morgan fingerprint density at radius 1 is 1.33 bits per heavy atom. The molecule has 1 atom stereocenters. The molecule has 3 heteroatoms. The fraction of sp³-hybridized carbons (Fsp3) is 0.222. The number of carbonyl (C=O) groups is 1. The van der Waals surface area contributed by atoms with Gasteiger partial charge in [0.2, 0.25) is 5.24 Å². The quantitative estimate of drug-likeness (QED) is 0.545. The van der Waals surface area contributed by atoms with Crippen molar-refractivity contribution in [1.29, 1.82) is 0 Å². The molecule has 0 aliphatic heterocycles. The van der Waals surface area contributed by atoms with E-state index in [0.717, 1.165) is 5.56 Å². The van der Waals surface area contributed by atoms with E-state index < -0.39 is 10.6 Å². The van der Waals surface area contributed by atoms with Gasteiger partial charge in [0.05, 0.1) is 0 Å². The number of hydrogen-bond acceptors (Lipinski definition) is 1. The summed E-state index contributed by atoms with van der Waals surface area (Å²) < 4.78 is 0. The maximum atomic E-state index is 10.6. The molecule has 0 bridgehead atoms. The molecule has 64 valence electrons. The van der Waals surface area contributed by atoms with Gasteiger partial charge >= 0.3 is 0 Å². The van der Waals surface area contributed by atoms with E-state index in [-0.39, 0.29) is 0 Å². The van der Waals surface area contributed by atoms with Crippen LogP contribution in [0.2, 0.25) is 0 Å². The minimum Gasteiger partial charge on any atom is -0.280 e. The Labute approximate surface area is 81.3 Å². The predicted molar refractivity (Wildman–Crippen MR) is 50.6 cm³/mol. The third kappa shape index (κ3) is 2.84. The average Bonchev–Trinajstić information content (AvgIpc) is 2.06. The summed E-state index contributed by atoms with van der Waals surface area (Å²) in [5, 5.41) is -1.12. The van der Waals surface area contributed by atoms with Gasteiger partial charge in [-0.25, -0.2) is 0 Å². The summed E-state index contributed by atoms with van der Waals surface area (Å²) >= 11 is 10.9. The van der Waals surface area contributed by atoms with E-state index in [9.17, 15) is 4.79 Å². The van der Waals surface area contributed by atoms with Crippen LogP contribution in [0.1, 0.15) is 5.56 Å². The summed E-state index contributed by atoms with van der Waals surface area (Å²) in [6.45, 7) is 0. The lowest BCUT2D eigenvalue weighted by Gasteiger charge is -2.02. The van der Waals surface area contributed by atoms with Crippen LogP contribution in [0.4, 0.5) is 0 Å². The van der Waals surface area contributed by atoms with Crippen LogP contribution in [0, 0.1) is 0 Å². The van der Waals surface area contributed by atoms with E-state index in [4.69, 9.17) is 23.2 Å². The van der Waals surface area contributed by atoms with Gasteiger partial charge in [-0.15, -0.1) is 11.6 Å². The third-order valence-electron chi connectivity index (χ3n) is 1.50. The molecule has 12 heavy (non-hydrogen) atoms. The van der Waals surface area contributed by atoms with Crippen molar-refractivity contribution in [1.82, 2.24) is 0 Å². The van der Waals surface area contributed by atoms with E-state index in [1.165, 1.54) is 0 Å². The lowest BCUT2D eigenvalue weighted by Crippen LogP contribution is -2.10. The Hall–Kier alpha value is -0.530. The van der Waals surface area contributed by atoms with Crippen LogP contribution in [0.5, 0.6) is 0 Å². The van der Waals surface area contributed by atoms with E-state index >= 15 is 0 Å². The fourth-order valence-corrected chi connectivity index (χ4v) is 1.16. The van der Waals surface area contributed by atoms with Gasteiger partial charge in [0.15, 0.2) is 0 Å². The van der Waals surface area contributed by atoms with Gasteiger partial charge in [-0.05, 0) is 23.6 Å². The normalized spacial score (nSPS) is 12.5. The van der Waals surface area contributed by atoms with Crippen molar-refractivity contribution < 1.29 is 4.79 Å². The molecule has 0 spiro atoms. The summed E-state index contributed by atoms with van der Waals surface area (Å²) in [5.41, 5.74) is 1.02. The summed E-state index contributed by atoms with van der Waals surface area (Å²) in [6.07, 6.45) is 0.491. The van der Waals surface area contributed by atoms with Crippen molar-refractivity contribution in [3.05, 3.63) is 35.9 Å². The van der Waals surface area contributed by atoms with Gasteiger partial charge in [-0.1, -0.05) is 30.3 Å². The van der Waals surface area contributed by atoms with Gasteiger partial charge in [0.1, 0.15) is 5.38 Å². The number of halogens is 2. The monoisotopic (exact) mass is 202 g/mol. The van der Waals surface area contributed by atoms with Crippen molar-refractivity contribution in [2.75, 3.05) is 0 Å². The van der Waals surface area contributed by atoms with Crippen molar-refractivity contribution in [2.45, 2.75) is 11.8 Å². The molecule has 1 rings (SSSR count). The van der Waals surface area contributed by atoms with Crippen molar-refractivity contribution in [2.24, 2.45) is 0 Å². The topological polar surface area (TPSA) is 17.1 Å². The molecule has 1 aromatic carbocycles. The molecule has 0 N–H and O–H groups in total. The van der Waals surface area contributed by atoms with Crippen molar-refractivity contribution in [3.8, 4) is 0 Å². The minimum atomic E-state index is -0.617. The number of alkyl halides is 1. The van der Waals surface area contributed by atoms with Crippen LogP contribution < -0.4 is 0 Å². The SMILES string of the molecule is O=C(Cl)[C@@H](Cl)Cc1ccccc1. The molecule has 0 saturated carbocycles. The lowest BCUT2D eigenvalue weighted by molar-refractivity contribution is -0.111. The number of benzene rings is 1. The van der Waals surface area contributed by atoms with Crippen LogP contribution in [0.15, 0.2) is 30.3 Å². The molecule has 0 unspecified atom stereocenters. The van der Waals surface area contributed by atoms with Gasteiger partial charge < -0.3 is 0 Å². The van der Waals surface area contributed by atoms with Crippen LogP contribution >= 0.6 is 23.2 Å². The second-order valence-corrected chi connectivity index (χ2v) is 3.36. The Bertz CT molecular complexity index is 258. The van der Waals surface area contributed by atoms with Gasteiger partial charge in [-0.2, -0.15) is 0 Å². The maximum Gasteiger partial charge on any atom is 0.239 e. The highest BCUT2D eigenvalue weighted by atomic mass is 35.5. The van der Waals surface area contributed by atoms with Crippen LogP contribution in [-0.2, 0) is 11.2 Å². The zero-order valence-corrected chi connectivity index (χ0v) is 7.85. The number of rotatable bonds is 3.